The minimum absolute atomic E-state index is 0.0709. The highest BCUT2D eigenvalue weighted by Crippen LogP contribution is 2.34. The zero-order valence-electron chi connectivity index (χ0n) is 15.8. The highest BCUT2D eigenvalue weighted by Gasteiger charge is 2.35. The number of H-pyrrole nitrogens is 1. The van der Waals surface area contributed by atoms with Gasteiger partial charge in [-0.05, 0) is 56.5 Å². The van der Waals surface area contributed by atoms with E-state index in [2.05, 4.69) is 22.0 Å². The molecule has 1 aromatic heterocycles. The van der Waals surface area contributed by atoms with Crippen molar-refractivity contribution in [1.29, 1.82) is 0 Å². The Labute approximate surface area is 159 Å². The van der Waals surface area contributed by atoms with Crippen LogP contribution in [-0.2, 0) is 4.79 Å². The van der Waals surface area contributed by atoms with Gasteiger partial charge in [0.15, 0.2) is 0 Å². The van der Waals surface area contributed by atoms with E-state index in [0.717, 1.165) is 68.7 Å². The first-order valence-electron chi connectivity index (χ1n) is 9.99. The summed E-state index contributed by atoms with van der Waals surface area (Å²) in [6, 6.07) is 6.71. The first kappa shape index (κ1) is 18.2. The van der Waals surface area contributed by atoms with Crippen molar-refractivity contribution in [1.82, 2.24) is 20.0 Å². The maximum atomic E-state index is 13.6. The van der Waals surface area contributed by atoms with E-state index in [0.29, 0.717) is 11.8 Å². The minimum Gasteiger partial charge on any atom is -0.341 e. The topological polar surface area (TPSA) is 52.2 Å². The number of halogens is 1. The first-order chi connectivity index (χ1) is 13.2. The highest BCUT2D eigenvalue weighted by molar-refractivity contribution is 5.82. The van der Waals surface area contributed by atoms with Gasteiger partial charge in [-0.1, -0.05) is 19.1 Å². The smallest absolute Gasteiger partial charge is 0.239 e. The molecule has 0 radical (unpaired) electrons. The second-order valence-electron chi connectivity index (χ2n) is 7.59. The second-order valence-corrected chi connectivity index (χ2v) is 7.59. The maximum Gasteiger partial charge on any atom is 0.239 e. The summed E-state index contributed by atoms with van der Waals surface area (Å²) in [7, 11) is 0. The van der Waals surface area contributed by atoms with Gasteiger partial charge in [-0.3, -0.25) is 14.8 Å². The van der Waals surface area contributed by atoms with Gasteiger partial charge in [-0.25, -0.2) is 4.39 Å². The molecule has 5 nitrogen and oxygen atoms in total. The summed E-state index contributed by atoms with van der Waals surface area (Å²) < 4.78 is 13.6. The predicted octanol–water partition coefficient (Wildman–Crippen LogP) is 3.41. The van der Waals surface area contributed by atoms with Crippen molar-refractivity contribution in [3.8, 4) is 11.1 Å². The van der Waals surface area contributed by atoms with Crippen molar-refractivity contribution in [2.75, 3.05) is 26.2 Å². The summed E-state index contributed by atoms with van der Waals surface area (Å²) in [5.74, 6) is 0.376. The van der Waals surface area contributed by atoms with Crippen LogP contribution >= 0.6 is 0 Å². The summed E-state index contributed by atoms with van der Waals surface area (Å²) in [4.78, 5) is 17.2. The normalized spacial score (nSPS) is 21.7. The summed E-state index contributed by atoms with van der Waals surface area (Å²) >= 11 is 0. The lowest BCUT2D eigenvalue weighted by molar-refractivity contribution is -0.137. The molecule has 144 valence electrons. The van der Waals surface area contributed by atoms with Crippen LogP contribution in [0.3, 0.4) is 0 Å². The van der Waals surface area contributed by atoms with E-state index in [-0.39, 0.29) is 11.9 Å². The first-order valence-corrected chi connectivity index (χ1v) is 9.99. The molecule has 27 heavy (non-hydrogen) atoms. The Hall–Kier alpha value is -2.21. The van der Waals surface area contributed by atoms with Crippen LogP contribution < -0.4 is 0 Å². The number of nitrogens with zero attached hydrogens (tertiary/aromatic N) is 3. The molecule has 0 aliphatic carbocycles. The molecule has 3 heterocycles. The number of amides is 1. The zero-order valence-corrected chi connectivity index (χ0v) is 15.8. The third-order valence-electron chi connectivity index (χ3n) is 6.07. The fraction of sp³-hybridized carbons (Fsp3) is 0.524. The summed E-state index contributed by atoms with van der Waals surface area (Å²) in [5.41, 5.74) is 2.87. The van der Waals surface area contributed by atoms with E-state index in [9.17, 15) is 9.18 Å². The Kier molecular flexibility index (Phi) is 5.25. The van der Waals surface area contributed by atoms with Crippen molar-refractivity contribution in [2.45, 2.75) is 44.6 Å². The van der Waals surface area contributed by atoms with Crippen molar-refractivity contribution >= 4 is 5.91 Å². The van der Waals surface area contributed by atoms with Gasteiger partial charge in [0.05, 0.1) is 12.2 Å². The molecule has 2 aliphatic heterocycles. The number of likely N-dealkylation sites (tertiary alicyclic amines) is 2. The van der Waals surface area contributed by atoms with Crippen LogP contribution in [0.5, 0.6) is 0 Å². The molecule has 1 amide bonds. The number of hydrogen-bond donors (Lipinski definition) is 1. The monoisotopic (exact) mass is 370 g/mol. The van der Waals surface area contributed by atoms with Gasteiger partial charge in [0.25, 0.3) is 0 Å². The number of carbonyl (C=O) groups is 1. The molecular formula is C21H27FN4O. The number of aromatic amines is 1. The van der Waals surface area contributed by atoms with E-state index in [1.165, 1.54) is 6.07 Å². The van der Waals surface area contributed by atoms with Gasteiger partial charge in [-0.15, -0.1) is 0 Å². The second kappa shape index (κ2) is 7.80. The average Bonchev–Trinajstić information content (AvgIpc) is 3.37. The number of nitrogens with one attached hydrogen (secondary N) is 1. The Morgan fingerprint density at radius 2 is 2.07 bits per heavy atom. The van der Waals surface area contributed by atoms with Crippen LogP contribution in [0.2, 0.25) is 0 Å². The maximum absolute atomic E-state index is 13.6. The number of hydrogen-bond acceptors (Lipinski definition) is 3. The standard InChI is InChI=1S/C21H27FN4O/c1-2-25-10-4-7-19(25)21(27)26-11-8-15(9-12-26)20-18(14-23-24-20)16-5-3-6-17(22)13-16/h3,5-6,13-15,19H,2,4,7-12H2,1H3,(H,23,24). The van der Waals surface area contributed by atoms with E-state index >= 15 is 0 Å². The summed E-state index contributed by atoms with van der Waals surface area (Å²) in [5, 5.41) is 7.33. The number of benzene rings is 1. The van der Waals surface area contributed by atoms with Crippen LogP contribution in [-0.4, -0.2) is 58.1 Å². The van der Waals surface area contributed by atoms with E-state index in [1.54, 1.807) is 18.3 Å². The third-order valence-corrected chi connectivity index (χ3v) is 6.07. The Morgan fingerprint density at radius 1 is 1.26 bits per heavy atom. The quantitative estimate of drug-likeness (QED) is 0.897. The Balaban J connectivity index is 1.43. The predicted molar refractivity (Wildman–Crippen MR) is 103 cm³/mol. The SMILES string of the molecule is CCN1CCCC1C(=O)N1CCC(c2[nH]ncc2-c2cccc(F)c2)CC1. The molecule has 0 spiro atoms. The van der Waals surface area contributed by atoms with Gasteiger partial charge in [0.2, 0.25) is 5.91 Å². The molecular weight excluding hydrogens is 343 g/mol. The molecule has 1 aromatic carbocycles. The zero-order chi connectivity index (χ0) is 18.8. The van der Waals surface area contributed by atoms with Gasteiger partial charge < -0.3 is 4.90 Å². The van der Waals surface area contributed by atoms with Crippen molar-refractivity contribution in [3.63, 3.8) is 0 Å². The van der Waals surface area contributed by atoms with Crippen molar-refractivity contribution in [2.24, 2.45) is 0 Å². The van der Waals surface area contributed by atoms with Crippen LogP contribution in [0, 0.1) is 5.82 Å². The molecule has 2 aromatic rings. The van der Waals surface area contributed by atoms with Gasteiger partial charge >= 0.3 is 0 Å². The van der Waals surface area contributed by atoms with Gasteiger partial charge in [0.1, 0.15) is 5.82 Å². The summed E-state index contributed by atoms with van der Waals surface area (Å²) in [6.45, 7) is 5.66. The molecule has 0 saturated carbocycles. The van der Waals surface area contributed by atoms with E-state index in [4.69, 9.17) is 0 Å². The number of piperidine rings is 1. The molecule has 4 rings (SSSR count). The Morgan fingerprint density at radius 3 is 2.81 bits per heavy atom. The van der Waals surface area contributed by atoms with Gasteiger partial charge in [0, 0.05) is 30.3 Å². The van der Waals surface area contributed by atoms with Gasteiger partial charge in [-0.2, -0.15) is 5.10 Å². The number of aromatic nitrogens is 2. The van der Waals surface area contributed by atoms with E-state index in [1.807, 2.05) is 11.0 Å². The lowest BCUT2D eigenvalue weighted by Crippen LogP contribution is -2.48. The van der Waals surface area contributed by atoms with E-state index < -0.39 is 0 Å². The largest absolute Gasteiger partial charge is 0.341 e. The fourth-order valence-corrected chi connectivity index (χ4v) is 4.58. The van der Waals surface area contributed by atoms with Crippen molar-refractivity contribution in [3.05, 3.63) is 42.0 Å². The van der Waals surface area contributed by atoms with Crippen LogP contribution in [0.1, 0.15) is 44.2 Å². The van der Waals surface area contributed by atoms with Crippen LogP contribution in [0.4, 0.5) is 4.39 Å². The lowest BCUT2D eigenvalue weighted by atomic mass is 9.89. The highest BCUT2D eigenvalue weighted by atomic mass is 19.1. The molecule has 2 aliphatic rings. The molecule has 6 heteroatoms. The minimum atomic E-state index is -0.239. The van der Waals surface area contributed by atoms with Crippen LogP contribution in [0.25, 0.3) is 11.1 Å². The molecule has 0 bridgehead atoms. The molecule has 1 unspecified atom stereocenters. The number of likely N-dealkylation sites (N-methyl/N-ethyl adjacent to an activating group) is 1. The molecule has 2 fully saturated rings. The average molecular weight is 370 g/mol. The number of rotatable bonds is 4. The third kappa shape index (κ3) is 3.63. The summed E-state index contributed by atoms with van der Waals surface area (Å²) in [6.07, 6.45) is 5.70. The molecule has 2 saturated heterocycles. The Bertz CT molecular complexity index is 797. The van der Waals surface area contributed by atoms with Crippen LogP contribution in [0.15, 0.2) is 30.5 Å². The van der Waals surface area contributed by atoms with Crippen molar-refractivity contribution < 1.29 is 9.18 Å². The lowest BCUT2D eigenvalue weighted by Gasteiger charge is -2.35. The fourth-order valence-electron chi connectivity index (χ4n) is 4.58. The molecule has 1 atom stereocenters. The molecule has 1 N–H and O–H groups in total. The number of carbonyl (C=O) groups excluding carboxylic acids is 1.